The fourth-order valence-electron chi connectivity index (χ4n) is 3.98. The number of rotatable bonds is 2. The van der Waals surface area contributed by atoms with Crippen molar-refractivity contribution >= 4 is 0 Å². The lowest BCUT2D eigenvalue weighted by atomic mass is 9.94. The van der Waals surface area contributed by atoms with Crippen LogP contribution in [-0.2, 0) is 4.74 Å². The Morgan fingerprint density at radius 3 is 2.89 bits per heavy atom. The molecule has 0 aliphatic carbocycles. The molecule has 0 amide bonds. The maximum Gasteiger partial charge on any atom is 0.0612 e. The Bertz CT molecular complexity index is 268. The third-order valence-electron chi connectivity index (χ3n) is 5.17. The molecule has 3 fully saturated rings. The van der Waals surface area contributed by atoms with E-state index in [4.69, 9.17) is 4.74 Å². The first kappa shape index (κ1) is 12.9. The summed E-state index contributed by atoms with van der Waals surface area (Å²) in [5.41, 5.74) is 0. The van der Waals surface area contributed by atoms with Crippen molar-refractivity contribution in [3.63, 3.8) is 0 Å². The van der Waals surface area contributed by atoms with E-state index in [1.165, 1.54) is 45.3 Å². The van der Waals surface area contributed by atoms with Crippen LogP contribution < -0.4 is 5.32 Å². The van der Waals surface area contributed by atoms with Crippen molar-refractivity contribution in [2.45, 2.75) is 57.7 Å². The summed E-state index contributed by atoms with van der Waals surface area (Å²) in [4.78, 5) is 2.76. The van der Waals surface area contributed by atoms with E-state index in [-0.39, 0.29) is 0 Å². The van der Waals surface area contributed by atoms with Crippen molar-refractivity contribution in [2.75, 3.05) is 26.2 Å². The van der Waals surface area contributed by atoms with Gasteiger partial charge in [0.15, 0.2) is 0 Å². The van der Waals surface area contributed by atoms with Gasteiger partial charge in [-0.1, -0.05) is 13.8 Å². The van der Waals surface area contributed by atoms with Crippen molar-refractivity contribution in [1.29, 1.82) is 0 Å². The van der Waals surface area contributed by atoms with Crippen LogP contribution in [0.5, 0.6) is 0 Å². The topological polar surface area (TPSA) is 24.5 Å². The van der Waals surface area contributed by atoms with Crippen LogP contribution in [0.25, 0.3) is 0 Å². The molecule has 3 aliphatic heterocycles. The minimum Gasteiger partial charge on any atom is -0.378 e. The van der Waals surface area contributed by atoms with Crippen molar-refractivity contribution in [1.82, 2.24) is 10.2 Å². The second kappa shape index (κ2) is 5.48. The van der Waals surface area contributed by atoms with Gasteiger partial charge in [-0.25, -0.2) is 0 Å². The molecule has 0 aromatic heterocycles. The van der Waals surface area contributed by atoms with Crippen LogP contribution in [0.4, 0.5) is 0 Å². The Hall–Kier alpha value is -0.120. The average Bonchev–Trinajstić information content (AvgIpc) is 2.82. The van der Waals surface area contributed by atoms with E-state index in [0.29, 0.717) is 12.0 Å². The van der Waals surface area contributed by atoms with Crippen LogP contribution >= 0.6 is 0 Å². The molecule has 0 aromatic rings. The Balaban J connectivity index is 1.58. The molecule has 3 saturated heterocycles. The molecule has 2 unspecified atom stereocenters. The summed E-state index contributed by atoms with van der Waals surface area (Å²) in [7, 11) is 0. The summed E-state index contributed by atoms with van der Waals surface area (Å²) in [6, 6.07) is 1.55. The van der Waals surface area contributed by atoms with Crippen LogP contribution in [-0.4, -0.2) is 49.3 Å². The highest BCUT2D eigenvalue weighted by Gasteiger charge is 2.39. The smallest absolute Gasteiger partial charge is 0.0612 e. The molecule has 0 spiro atoms. The van der Waals surface area contributed by atoms with E-state index >= 15 is 0 Å². The summed E-state index contributed by atoms with van der Waals surface area (Å²) < 4.78 is 5.91. The van der Waals surface area contributed by atoms with E-state index in [1.54, 1.807) is 0 Å². The molecule has 0 bridgehead atoms. The molecule has 3 aliphatic rings. The first-order valence-corrected chi connectivity index (χ1v) is 7.83. The van der Waals surface area contributed by atoms with Gasteiger partial charge in [-0.05, 0) is 44.1 Å². The number of nitrogens with zero attached hydrogens (tertiary/aromatic N) is 1. The van der Waals surface area contributed by atoms with Crippen molar-refractivity contribution < 1.29 is 4.74 Å². The normalized spacial score (nSPS) is 42.2. The third kappa shape index (κ3) is 2.59. The third-order valence-corrected chi connectivity index (χ3v) is 5.17. The minimum absolute atomic E-state index is 0.485. The number of hydrogen-bond donors (Lipinski definition) is 1. The number of hydrogen-bond acceptors (Lipinski definition) is 3. The van der Waals surface area contributed by atoms with Crippen LogP contribution in [0.2, 0.25) is 0 Å². The molecule has 3 nitrogen and oxygen atoms in total. The average molecular weight is 252 g/mol. The molecule has 3 heteroatoms. The first-order valence-electron chi connectivity index (χ1n) is 7.83. The molecule has 4 atom stereocenters. The maximum absolute atomic E-state index is 5.91. The zero-order chi connectivity index (χ0) is 12.5. The summed E-state index contributed by atoms with van der Waals surface area (Å²) in [6.07, 6.45) is 5.78. The van der Waals surface area contributed by atoms with E-state index in [0.717, 1.165) is 24.6 Å². The van der Waals surface area contributed by atoms with Crippen molar-refractivity contribution in [3.8, 4) is 0 Å². The molecule has 0 radical (unpaired) electrons. The molecule has 104 valence electrons. The number of nitrogens with one attached hydrogen (secondary N) is 1. The van der Waals surface area contributed by atoms with Gasteiger partial charge in [0, 0.05) is 31.8 Å². The Morgan fingerprint density at radius 2 is 2.11 bits per heavy atom. The first-order chi connectivity index (χ1) is 8.74. The van der Waals surface area contributed by atoms with E-state index in [1.807, 2.05) is 0 Å². The van der Waals surface area contributed by atoms with Crippen molar-refractivity contribution in [3.05, 3.63) is 0 Å². The van der Waals surface area contributed by atoms with Crippen LogP contribution in [0, 0.1) is 11.8 Å². The summed E-state index contributed by atoms with van der Waals surface area (Å²) >= 11 is 0. The largest absolute Gasteiger partial charge is 0.378 e. The van der Waals surface area contributed by atoms with Gasteiger partial charge in [0.25, 0.3) is 0 Å². The SMILES string of the molecule is CC(C)C1CC(N2C[C@@H]3CCCN[C@@H]3C2)CCO1. The zero-order valence-electron chi connectivity index (χ0n) is 11.9. The summed E-state index contributed by atoms with van der Waals surface area (Å²) in [5.74, 6) is 1.58. The van der Waals surface area contributed by atoms with Crippen LogP contribution in [0.3, 0.4) is 0 Å². The Labute approximate surface area is 111 Å². The summed E-state index contributed by atoms with van der Waals surface area (Å²) in [6.45, 7) is 9.38. The minimum atomic E-state index is 0.485. The molecule has 3 rings (SSSR count). The van der Waals surface area contributed by atoms with Gasteiger partial charge >= 0.3 is 0 Å². The highest BCUT2D eigenvalue weighted by molar-refractivity contribution is 4.95. The number of fused-ring (bicyclic) bond motifs is 1. The lowest BCUT2D eigenvalue weighted by Gasteiger charge is -2.37. The molecule has 18 heavy (non-hydrogen) atoms. The predicted molar refractivity (Wildman–Crippen MR) is 73.7 cm³/mol. The molecule has 0 saturated carbocycles. The second-order valence-corrected chi connectivity index (χ2v) is 6.75. The predicted octanol–water partition coefficient (Wildman–Crippen LogP) is 1.87. The van der Waals surface area contributed by atoms with Gasteiger partial charge in [0.2, 0.25) is 0 Å². The molecular formula is C15H28N2O. The standard InChI is InChI=1S/C15H28N2O/c1-11(2)15-8-13(5-7-18-15)17-9-12-4-3-6-16-14(12)10-17/h11-16H,3-10H2,1-2H3/t12-,13?,14+,15?/m0/s1. The van der Waals surface area contributed by atoms with Crippen molar-refractivity contribution in [2.24, 2.45) is 11.8 Å². The molecule has 3 heterocycles. The van der Waals surface area contributed by atoms with Gasteiger partial charge in [-0.15, -0.1) is 0 Å². The monoisotopic (exact) mass is 252 g/mol. The van der Waals surface area contributed by atoms with Gasteiger partial charge in [-0.3, -0.25) is 4.90 Å². The summed E-state index contributed by atoms with van der Waals surface area (Å²) in [5, 5.41) is 3.71. The number of piperidine rings is 1. The van der Waals surface area contributed by atoms with Gasteiger partial charge < -0.3 is 10.1 Å². The molecule has 0 aromatic carbocycles. The fraction of sp³-hybridized carbons (Fsp3) is 1.00. The molecule has 1 N–H and O–H groups in total. The quantitative estimate of drug-likeness (QED) is 0.812. The Morgan fingerprint density at radius 1 is 1.22 bits per heavy atom. The lowest BCUT2D eigenvalue weighted by molar-refractivity contribution is -0.0452. The lowest BCUT2D eigenvalue weighted by Crippen LogP contribution is -2.44. The highest BCUT2D eigenvalue weighted by Crippen LogP contribution is 2.31. The Kier molecular flexibility index (Phi) is 3.92. The second-order valence-electron chi connectivity index (χ2n) is 6.75. The zero-order valence-corrected chi connectivity index (χ0v) is 11.9. The van der Waals surface area contributed by atoms with E-state index in [9.17, 15) is 0 Å². The van der Waals surface area contributed by atoms with E-state index < -0.39 is 0 Å². The number of ether oxygens (including phenoxy) is 1. The van der Waals surface area contributed by atoms with Gasteiger partial charge in [-0.2, -0.15) is 0 Å². The fourth-order valence-corrected chi connectivity index (χ4v) is 3.98. The van der Waals surface area contributed by atoms with Gasteiger partial charge in [0.05, 0.1) is 6.10 Å². The van der Waals surface area contributed by atoms with Crippen LogP contribution in [0.15, 0.2) is 0 Å². The highest BCUT2D eigenvalue weighted by atomic mass is 16.5. The maximum atomic E-state index is 5.91. The van der Waals surface area contributed by atoms with Gasteiger partial charge in [0.1, 0.15) is 0 Å². The van der Waals surface area contributed by atoms with E-state index in [2.05, 4.69) is 24.1 Å². The number of likely N-dealkylation sites (tertiary alicyclic amines) is 1. The molecular weight excluding hydrogens is 224 g/mol. The van der Waals surface area contributed by atoms with Crippen LogP contribution in [0.1, 0.15) is 39.5 Å².